The van der Waals surface area contributed by atoms with Crippen molar-refractivity contribution >= 4 is 29.3 Å². The van der Waals surface area contributed by atoms with E-state index in [-0.39, 0.29) is 11.2 Å². The van der Waals surface area contributed by atoms with E-state index in [4.69, 9.17) is 17.4 Å². The summed E-state index contributed by atoms with van der Waals surface area (Å²) in [5.41, 5.74) is 2.16. The average Bonchev–Trinajstić information content (AvgIpc) is 2.27. The van der Waals surface area contributed by atoms with Crippen LogP contribution >= 0.6 is 23.4 Å². The van der Waals surface area contributed by atoms with E-state index < -0.39 is 0 Å². The standard InChI is InChI=1S/C10H13ClN2OS/c1-2-9(10(14)13-12)15-8-5-3-7(11)4-6-8/h3-6,9H,2,12H2,1H3,(H,13,14). The first-order valence-corrected chi connectivity index (χ1v) is 5.85. The highest BCUT2D eigenvalue weighted by Crippen LogP contribution is 2.26. The molecule has 0 aliphatic carbocycles. The molecule has 0 bridgehead atoms. The quantitative estimate of drug-likeness (QED) is 0.370. The summed E-state index contributed by atoms with van der Waals surface area (Å²) in [4.78, 5) is 12.3. The molecule has 1 aromatic rings. The van der Waals surface area contributed by atoms with Crippen LogP contribution in [-0.4, -0.2) is 11.2 Å². The molecule has 1 unspecified atom stereocenters. The molecule has 1 atom stereocenters. The van der Waals surface area contributed by atoms with Gasteiger partial charge in [-0.15, -0.1) is 11.8 Å². The van der Waals surface area contributed by atoms with Gasteiger partial charge < -0.3 is 0 Å². The number of nitrogens with one attached hydrogen (secondary N) is 1. The Balaban J connectivity index is 2.66. The van der Waals surface area contributed by atoms with Crippen molar-refractivity contribution < 1.29 is 4.79 Å². The van der Waals surface area contributed by atoms with Crippen LogP contribution in [0.15, 0.2) is 29.2 Å². The third-order valence-corrected chi connectivity index (χ3v) is 3.53. The number of hydrogen-bond donors (Lipinski definition) is 2. The van der Waals surface area contributed by atoms with Gasteiger partial charge in [-0.25, -0.2) is 5.84 Å². The second-order valence-electron chi connectivity index (χ2n) is 2.98. The van der Waals surface area contributed by atoms with E-state index in [9.17, 15) is 4.79 Å². The lowest BCUT2D eigenvalue weighted by Crippen LogP contribution is -2.37. The fourth-order valence-corrected chi connectivity index (χ4v) is 2.18. The average molecular weight is 245 g/mol. The molecular weight excluding hydrogens is 232 g/mol. The highest BCUT2D eigenvalue weighted by atomic mass is 35.5. The molecule has 0 radical (unpaired) electrons. The fourth-order valence-electron chi connectivity index (χ4n) is 1.09. The van der Waals surface area contributed by atoms with Gasteiger partial charge in [0.25, 0.3) is 0 Å². The number of benzene rings is 1. The number of nitrogens with two attached hydrogens (primary N) is 1. The highest BCUT2D eigenvalue weighted by Gasteiger charge is 2.16. The van der Waals surface area contributed by atoms with Crippen molar-refractivity contribution in [1.29, 1.82) is 0 Å². The number of hydrogen-bond acceptors (Lipinski definition) is 3. The van der Waals surface area contributed by atoms with Crippen LogP contribution in [-0.2, 0) is 4.79 Å². The lowest BCUT2D eigenvalue weighted by Gasteiger charge is -2.12. The summed E-state index contributed by atoms with van der Waals surface area (Å²) in [7, 11) is 0. The fraction of sp³-hybridized carbons (Fsp3) is 0.300. The molecule has 0 saturated heterocycles. The Morgan fingerprint density at radius 1 is 1.53 bits per heavy atom. The van der Waals surface area contributed by atoms with Crippen LogP contribution in [0.3, 0.4) is 0 Å². The molecule has 3 N–H and O–H groups in total. The van der Waals surface area contributed by atoms with E-state index in [1.807, 2.05) is 19.1 Å². The van der Waals surface area contributed by atoms with Crippen LogP contribution in [0, 0.1) is 0 Å². The number of amides is 1. The van der Waals surface area contributed by atoms with Gasteiger partial charge in [-0.3, -0.25) is 10.2 Å². The predicted octanol–water partition coefficient (Wildman–Crippen LogP) is 2.20. The smallest absolute Gasteiger partial charge is 0.247 e. The zero-order valence-corrected chi connectivity index (χ0v) is 9.94. The Hall–Kier alpha value is -0.710. The van der Waals surface area contributed by atoms with Crippen molar-refractivity contribution in [2.45, 2.75) is 23.5 Å². The zero-order chi connectivity index (χ0) is 11.3. The van der Waals surface area contributed by atoms with Gasteiger partial charge in [0, 0.05) is 9.92 Å². The molecule has 1 rings (SSSR count). The number of rotatable bonds is 4. The van der Waals surface area contributed by atoms with E-state index >= 15 is 0 Å². The van der Waals surface area contributed by atoms with Gasteiger partial charge in [0.15, 0.2) is 0 Å². The van der Waals surface area contributed by atoms with Gasteiger partial charge in [-0.1, -0.05) is 18.5 Å². The van der Waals surface area contributed by atoms with E-state index in [0.717, 1.165) is 11.3 Å². The van der Waals surface area contributed by atoms with Gasteiger partial charge in [0.1, 0.15) is 0 Å². The first kappa shape index (κ1) is 12.4. The van der Waals surface area contributed by atoms with Crippen molar-refractivity contribution in [1.82, 2.24) is 5.43 Å². The van der Waals surface area contributed by atoms with Crippen LogP contribution in [0.4, 0.5) is 0 Å². The van der Waals surface area contributed by atoms with E-state index in [0.29, 0.717) is 5.02 Å². The number of hydrazine groups is 1. The summed E-state index contributed by atoms with van der Waals surface area (Å²) in [6.45, 7) is 1.95. The third kappa shape index (κ3) is 3.74. The molecule has 0 heterocycles. The minimum absolute atomic E-state index is 0.155. The minimum atomic E-state index is -0.156. The molecule has 0 aliphatic heterocycles. The normalized spacial score (nSPS) is 12.2. The summed E-state index contributed by atoms with van der Waals surface area (Å²) in [5.74, 6) is 4.94. The van der Waals surface area contributed by atoms with Crippen LogP contribution < -0.4 is 11.3 Å². The van der Waals surface area contributed by atoms with Crippen molar-refractivity contribution in [3.05, 3.63) is 29.3 Å². The van der Waals surface area contributed by atoms with E-state index in [2.05, 4.69) is 5.43 Å². The molecule has 5 heteroatoms. The molecule has 1 aromatic carbocycles. The van der Waals surface area contributed by atoms with Crippen molar-refractivity contribution in [3.8, 4) is 0 Å². The summed E-state index contributed by atoms with van der Waals surface area (Å²) in [6, 6.07) is 7.38. The molecule has 0 fully saturated rings. The Bertz CT molecular complexity index is 329. The first-order valence-electron chi connectivity index (χ1n) is 4.60. The Labute approximate surface area is 98.3 Å². The lowest BCUT2D eigenvalue weighted by molar-refractivity contribution is -0.120. The van der Waals surface area contributed by atoms with Gasteiger partial charge in [-0.2, -0.15) is 0 Å². The molecule has 0 spiro atoms. The first-order chi connectivity index (χ1) is 7.17. The SMILES string of the molecule is CCC(Sc1ccc(Cl)cc1)C(=O)NN. The Morgan fingerprint density at radius 3 is 2.60 bits per heavy atom. The topological polar surface area (TPSA) is 55.1 Å². The largest absolute Gasteiger partial charge is 0.293 e. The monoisotopic (exact) mass is 244 g/mol. The molecule has 0 saturated carbocycles. The maximum atomic E-state index is 11.3. The third-order valence-electron chi connectivity index (χ3n) is 1.90. The minimum Gasteiger partial charge on any atom is -0.293 e. The summed E-state index contributed by atoms with van der Waals surface area (Å²) in [5, 5.41) is 0.534. The second kappa shape index (κ2) is 6.00. The lowest BCUT2D eigenvalue weighted by atomic mass is 10.3. The zero-order valence-electron chi connectivity index (χ0n) is 8.37. The summed E-state index contributed by atoms with van der Waals surface area (Å²) < 4.78 is 0. The van der Waals surface area contributed by atoms with Crippen LogP contribution in [0.1, 0.15) is 13.3 Å². The molecule has 0 aliphatic rings. The summed E-state index contributed by atoms with van der Waals surface area (Å²) >= 11 is 7.24. The molecule has 82 valence electrons. The molecule has 0 aromatic heterocycles. The maximum Gasteiger partial charge on any atom is 0.247 e. The predicted molar refractivity (Wildman–Crippen MR) is 63.7 cm³/mol. The van der Waals surface area contributed by atoms with Gasteiger partial charge >= 0.3 is 0 Å². The van der Waals surface area contributed by atoms with E-state index in [1.54, 1.807) is 12.1 Å². The van der Waals surface area contributed by atoms with Crippen molar-refractivity contribution in [3.63, 3.8) is 0 Å². The highest BCUT2D eigenvalue weighted by molar-refractivity contribution is 8.00. The van der Waals surface area contributed by atoms with Crippen LogP contribution in [0.5, 0.6) is 0 Å². The van der Waals surface area contributed by atoms with Crippen LogP contribution in [0.2, 0.25) is 5.02 Å². The molecule has 1 amide bonds. The molecular formula is C10H13ClN2OS. The number of halogens is 1. The summed E-state index contributed by atoms with van der Waals surface area (Å²) in [6.07, 6.45) is 0.732. The maximum absolute atomic E-state index is 11.3. The van der Waals surface area contributed by atoms with Crippen molar-refractivity contribution in [2.75, 3.05) is 0 Å². The van der Waals surface area contributed by atoms with Crippen LogP contribution in [0.25, 0.3) is 0 Å². The Kier molecular flexibility index (Phi) is 4.94. The second-order valence-corrected chi connectivity index (χ2v) is 4.69. The van der Waals surface area contributed by atoms with E-state index in [1.165, 1.54) is 11.8 Å². The van der Waals surface area contributed by atoms with Gasteiger partial charge in [-0.05, 0) is 30.7 Å². The van der Waals surface area contributed by atoms with Gasteiger partial charge in [0.05, 0.1) is 5.25 Å². The number of carbonyl (C=O) groups is 1. The molecule has 15 heavy (non-hydrogen) atoms. The molecule has 3 nitrogen and oxygen atoms in total. The van der Waals surface area contributed by atoms with Crippen molar-refractivity contribution in [2.24, 2.45) is 5.84 Å². The Morgan fingerprint density at radius 2 is 2.13 bits per heavy atom. The number of carbonyl (C=O) groups excluding carboxylic acids is 1. The van der Waals surface area contributed by atoms with Gasteiger partial charge in [0.2, 0.25) is 5.91 Å². The number of thioether (sulfide) groups is 1.